The van der Waals surface area contributed by atoms with Crippen molar-refractivity contribution in [2.75, 3.05) is 5.32 Å². The summed E-state index contributed by atoms with van der Waals surface area (Å²) in [5.74, 6) is -0.727. The minimum absolute atomic E-state index is 0.120. The van der Waals surface area contributed by atoms with Crippen molar-refractivity contribution < 1.29 is 22.8 Å². The number of nitrogens with zero attached hydrogens (tertiary/aromatic N) is 1. The highest BCUT2D eigenvalue weighted by Gasteiger charge is 2.30. The molecule has 2 N–H and O–H groups in total. The predicted molar refractivity (Wildman–Crippen MR) is 127 cm³/mol. The molecule has 0 radical (unpaired) electrons. The second-order valence-electron chi connectivity index (χ2n) is 8.40. The highest BCUT2D eigenvalue weighted by atomic mass is 19.4. The third-order valence-corrected chi connectivity index (χ3v) is 5.81. The molecule has 35 heavy (non-hydrogen) atoms. The van der Waals surface area contributed by atoms with Crippen molar-refractivity contribution in [3.05, 3.63) is 95.6 Å². The van der Waals surface area contributed by atoms with E-state index in [1.807, 2.05) is 18.2 Å². The Bertz CT molecular complexity index is 1430. The van der Waals surface area contributed by atoms with Crippen LogP contribution in [-0.2, 0) is 6.18 Å². The number of amides is 2. The quantitative estimate of drug-likeness (QED) is 0.368. The van der Waals surface area contributed by atoms with Gasteiger partial charge in [-0.05, 0) is 54.3 Å². The second kappa shape index (κ2) is 8.87. The molecule has 3 aromatic carbocycles. The molecule has 1 aliphatic carbocycles. The maximum atomic E-state index is 13.3. The van der Waals surface area contributed by atoms with Crippen LogP contribution in [0.3, 0.4) is 0 Å². The normalized spacial score (nSPS) is 13.5. The number of rotatable bonds is 5. The molecule has 4 aromatic rings. The highest BCUT2D eigenvalue weighted by molar-refractivity contribution is 6.12. The summed E-state index contributed by atoms with van der Waals surface area (Å²) in [6.45, 7) is 0. The Morgan fingerprint density at radius 2 is 1.51 bits per heavy atom. The molecule has 176 valence electrons. The van der Waals surface area contributed by atoms with Gasteiger partial charge < -0.3 is 10.6 Å². The van der Waals surface area contributed by atoms with Crippen LogP contribution in [0.1, 0.15) is 39.1 Å². The van der Waals surface area contributed by atoms with Crippen molar-refractivity contribution in [1.29, 1.82) is 0 Å². The summed E-state index contributed by atoms with van der Waals surface area (Å²) in [5.41, 5.74) is 1.26. The average molecular weight is 475 g/mol. The first kappa shape index (κ1) is 22.6. The lowest BCUT2D eigenvalue weighted by molar-refractivity contribution is -0.137. The number of hydrogen-bond acceptors (Lipinski definition) is 3. The number of alkyl halides is 3. The number of pyridine rings is 1. The summed E-state index contributed by atoms with van der Waals surface area (Å²) in [6, 6.07) is 20.3. The van der Waals surface area contributed by atoms with E-state index in [1.54, 1.807) is 36.4 Å². The van der Waals surface area contributed by atoms with Crippen molar-refractivity contribution in [2.45, 2.75) is 25.1 Å². The number of nitrogens with one attached hydrogen (secondary N) is 2. The van der Waals surface area contributed by atoms with Gasteiger partial charge in [0.15, 0.2) is 0 Å². The Labute approximate surface area is 199 Å². The van der Waals surface area contributed by atoms with Crippen LogP contribution in [0.5, 0.6) is 0 Å². The van der Waals surface area contributed by atoms with Gasteiger partial charge in [0.05, 0.1) is 16.6 Å². The number of hydrogen-bond donors (Lipinski definition) is 2. The highest BCUT2D eigenvalue weighted by Crippen LogP contribution is 2.32. The summed E-state index contributed by atoms with van der Waals surface area (Å²) >= 11 is 0. The molecular weight excluding hydrogens is 455 g/mol. The van der Waals surface area contributed by atoms with E-state index < -0.39 is 17.6 Å². The Morgan fingerprint density at radius 3 is 2.23 bits per heavy atom. The molecule has 1 aromatic heterocycles. The average Bonchev–Trinajstić information content (AvgIpc) is 3.67. The molecule has 1 heterocycles. The van der Waals surface area contributed by atoms with E-state index in [1.165, 1.54) is 12.1 Å². The van der Waals surface area contributed by atoms with Crippen molar-refractivity contribution in [3.8, 4) is 11.1 Å². The molecule has 1 aliphatic rings. The zero-order chi connectivity index (χ0) is 24.6. The van der Waals surface area contributed by atoms with Crippen LogP contribution in [0.15, 0.2) is 78.9 Å². The molecule has 0 aliphatic heterocycles. The summed E-state index contributed by atoms with van der Waals surface area (Å²) in [6.07, 6.45) is -2.63. The van der Waals surface area contributed by atoms with Gasteiger partial charge in [0.1, 0.15) is 5.82 Å². The van der Waals surface area contributed by atoms with Gasteiger partial charge in [-0.2, -0.15) is 13.2 Å². The Balaban J connectivity index is 1.49. The molecule has 5 nitrogen and oxygen atoms in total. The Kier molecular flexibility index (Phi) is 5.72. The summed E-state index contributed by atoms with van der Waals surface area (Å²) in [7, 11) is 0. The molecule has 0 saturated heterocycles. The summed E-state index contributed by atoms with van der Waals surface area (Å²) in [5, 5.41) is 6.43. The van der Waals surface area contributed by atoms with Gasteiger partial charge in [-0.3, -0.25) is 9.59 Å². The number of aromatic nitrogens is 1. The lowest BCUT2D eigenvalue weighted by Gasteiger charge is -2.14. The largest absolute Gasteiger partial charge is 0.416 e. The van der Waals surface area contributed by atoms with Crippen LogP contribution >= 0.6 is 0 Å². The zero-order valence-corrected chi connectivity index (χ0v) is 18.4. The number of anilines is 1. The van der Waals surface area contributed by atoms with E-state index in [9.17, 15) is 22.8 Å². The van der Waals surface area contributed by atoms with E-state index >= 15 is 0 Å². The molecule has 0 bridgehead atoms. The topological polar surface area (TPSA) is 71.1 Å². The number of carbonyl (C=O) groups excluding carboxylic acids is 2. The van der Waals surface area contributed by atoms with Gasteiger partial charge in [0.25, 0.3) is 11.8 Å². The van der Waals surface area contributed by atoms with Gasteiger partial charge in [0.2, 0.25) is 0 Å². The molecule has 0 unspecified atom stereocenters. The van der Waals surface area contributed by atoms with Crippen LogP contribution in [0.25, 0.3) is 22.0 Å². The minimum atomic E-state index is -4.45. The minimum Gasteiger partial charge on any atom is -0.349 e. The summed E-state index contributed by atoms with van der Waals surface area (Å²) < 4.78 is 38.9. The summed E-state index contributed by atoms with van der Waals surface area (Å²) in [4.78, 5) is 30.7. The van der Waals surface area contributed by atoms with Gasteiger partial charge in [0, 0.05) is 17.0 Å². The van der Waals surface area contributed by atoms with E-state index in [0.717, 1.165) is 30.4 Å². The van der Waals surface area contributed by atoms with E-state index in [2.05, 4.69) is 15.6 Å². The molecule has 8 heteroatoms. The number of para-hydroxylation sites is 1. The van der Waals surface area contributed by atoms with Gasteiger partial charge in [-0.25, -0.2) is 4.98 Å². The number of halogens is 3. The zero-order valence-electron chi connectivity index (χ0n) is 18.4. The fraction of sp³-hybridized carbons (Fsp3) is 0.148. The van der Waals surface area contributed by atoms with Crippen molar-refractivity contribution >= 4 is 28.5 Å². The van der Waals surface area contributed by atoms with Crippen LogP contribution in [-0.4, -0.2) is 22.8 Å². The maximum Gasteiger partial charge on any atom is 0.416 e. The maximum absolute atomic E-state index is 13.3. The fourth-order valence-electron chi connectivity index (χ4n) is 3.82. The van der Waals surface area contributed by atoms with Crippen LogP contribution in [0.4, 0.5) is 19.0 Å². The van der Waals surface area contributed by atoms with E-state index in [4.69, 9.17) is 0 Å². The Morgan fingerprint density at radius 1 is 0.829 bits per heavy atom. The van der Waals surface area contributed by atoms with Gasteiger partial charge in [-0.1, -0.05) is 48.5 Å². The SMILES string of the molecule is O=C(Nc1nc2ccccc2cc1C(=O)NC1CC1)c1ccccc1-c1ccc(C(F)(F)F)cc1. The molecule has 1 saturated carbocycles. The smallest absolute Gasteiger partial charge is 0.349 e. The first-order valence-electron chi connectivity index (χ1n) is 11.1. The van der Waals surface area contributed by atoms with Crippen LogP contribution in [0, 0.1) is 0 Å². The molecule has 0 spiro atoms. The monoisotopic (exact) mass is 475 g/mol. The fourth-order valence-corrected chi connectivity index (χ4v) is 3.82. The number of carbonyl (C=O) groups is 2. The van der Waals surface area contributed by atoms with Crippen molar-refractivity contribution in [3.63, 3.8) is 0 Å². The third kappa shape index (κ3) is 4.87. The third-order valence-electron chi connectivity index (χ3n) is 5.81. The molecule has 2 amide bonds. The first-order valence-corrected chi connectivity index (χ1v) is 11.1. The Hall–Kier alpha value is -4.20. The van der Waals surface area contributed by atoms with E-state index in [0.29, 0.717) is 16.6 Å². The lowest BCUT2D eigenvalue weighted by Crippen LogP contribution is -2.27. The van der Waals surface area contributed by atoms with Crippen molar-refractivity contribution in [1.82, 2.24) is 10.3 Å². The molecule has 1 fully saturated rings. The van der Waals surface area contributed by atoms with Crippen molar-refractivity contribution in [2.24, 2.45) is 0 Å². The number of benzene rings is 3. The van der Waals surface area contributed by atoms with Crippen LogP contribution in [0.2, 0.25) is 0 Å². The molecular formula is C27H20F3N3O2. The molecule has 5 rings (SSSR count). The van der Waals surface area contributed by atoms with Crippen LogP contribution < -0.4 is 10.6 Å². The first-order chi connectivity index (χ1) is 16.8. The lowest BCUT2D eigenvalue weighted by atomic mass is 9.98. The second-order valence-corrected chi connectivity index (χ2v) is 8.40. The van der Waals surface area contributed by atoms with E-state index in [-0.39, 0.29) is 28.9 Å². The number of fused-ring (bicyclic) bond motifs is 1. The van der Waals surface area contributed by atoms with Gasteiger partial charge in [-0.15, -0.1) is 0 Å². The van der Waals surface area contributed by atoms with Gasteiger partial charge >= 0.3 is 6.18 Å². The standard InChI is InChI=1S/C27H20F3N3O2/c28-27(29,30)18-11-9-16(10-12-18)20-6-2-3-7-21(20)25(34)33-24-22(26(35)31-19-13-14-19)15-17-5-1-4-8-23(17)32-24/h1-12,15,19H,13-14H2,(H,31,35)(H,32,33,34). The predicted octanol–water partition coefficient (Wildman–Crippen LogP) is 6.07. The molecule has 0 atom stereocenters.